The van der Waals surface area contributed by atoms with Gasteiger partial charge in [0.15, 0.2) is 11.5 Å². The maximum absolute atomic E-state index is 11.7. The van der Waals surface area contributed by atoms with E-state index < -0.39 is 17.9 Å². The van der Waals surface area contributed by atoms with Gasteiger partial charge in [-0.15, -0.1) is 0 Å². The van der Waals surface area contributed by atoms with Gasteiger partial charge in [-0.25, -0.2) is 9.97 Å². The van der Waals surface area contributed by atoms with E-state index >= 15 is 0 Å². The number of nitrogens with one attached hydrogen (secondary N) is 2. The molecule has 1 heterocycles. The molecule has 2 aromatic rings. The minimum Gasteiger partial charge on any atom is -0.368 e. The normalized spacial score (nSPS) is 11.4. The van der Waals surface area contributed by atoms with E-state index in [1.165, 1.54) is 18.0 Å². The van der Waals surface area contributed by atoms with Crippen molar-refractivity contribution in [3.05, 3.63) is 36.2 Å². The monoisotopic (exact) mass is 385 g/mol. The minimum absolute atomic E-state index is 0.0531. The number of nitrogens with two attached hydrogens (primary N) is 2. The van der Waals surface area contributed by atoms with Crippen molar-refractivity contribution >= 4 is 40.7 Å². The van der Waals surface area contributed by atoms with Gasteiger partial charge < -0.3 is 27.0 Å². The molecule has 0 aliphatic rings. The molecule has 0 fully saturated rings. The van der Waals surface area contributed by atoms with Crippen LogP contribution in [0, 0.1) is 0 Å². The number of anilines is 4. The number of rotatable bonds is 8. The van der Waals surface area contributed by atoms with Crippen molar-refractivity contribution in [3.63, 3.8) is 0 Å². The molecule has 1 aromatic carbocycles. The Morgan fingerprint density at radius 2 is 1.82 bits per heavy atom. The summed E-state index contributed by atoms with van der Waals surface area (Å²) in [6.07, 6.45) is 1.77. The molecule has 148 valence electrons. The second kappa shape index (κ2) is 8.80. The Hall–Kier alpha value is -3.69. The summed E-state index contributed by atoms with van der Waals surface area (Å²) in [6, 6.07) is 6.30. The van der Waals surface area contributed by atoms with Crippen LogP contribution in [-0.2, 0) is 9.59 Å². The molecular weight excluding hydrogens is 362 g/mol. The van der Waals surface area contributed by atoms with E-state index in [1.54, 1.807) is 38.2 Å². The van der Waals surface area contributed by atoms with Gasteiger partial charge >= 0.3 is 0 Å². The van der Waals surface area contributed by atoms with Gasteiger partial charge in [0, 0.05) is 25.3 Å². The van der Waals surface area contributed by atoms with E-state index in [4.69, 9.17) is 11.5 Å². The van der Waals surface area contributed by atoms with Crippen molar-refractivity contribution in [2.24, 2.45) is 11.5 Å². The fraction of sp³-hybridized carbons (Fsp3) is 0.278. The topological polar surface area (TPSA) is 156 Å². The number of aromatic nitrogens is 2. The summed E-state index contributed by atoms with van der Waals surface area (Å²) in [5.41, 5.74) is 12.0. The predicted molar refractivity (Wildman–Crippen MR) is 106 cm³/mol. The highest BCUT2D eigenvalue weighted by atomic mass is 16.2. The van der Waals surface area contributed by atoms with Gasteiger partial charge in [0.05, 0.1) is 6.20 Å². The van der Waals surface area contributed by atoms with E-state index in [2.05, 4.69) is 20.6 Å². The Labute approximate surface area is 162 Å². The zero-order valence-corrected chi connectivity index (χ0v) is 15.9. The lowest BCUT2D eigenvalue weighted by atomic mass is 10.2. The fourth-order valence-corrected chi connectivity index (χ4v) is 2.37. The Kier molecular flexibility index (Phi) is 6.48. The quantitative estimate of drug-likeness (QED) is 0.527. The van der Waals surface area contributed by atoms with Crippen LogP contribution in [0.2, 0.25) is 0 Å². The van der Waals surface area contributed by atoms with Crippen molar-refractivity contribution < 1.29 is 14.4 Å². The van der Waals surface area contributed by atoms with E-state index in [0.29, 0.717) is 17.8 Å². The molecule has 0 saturated carbocycles. The lowest BCUT2D eigenvalue weighted by Crippen LogP contribution is -2.35. The van der Waals surface area contributed by atoms with Crippen LogP contribution in [-0.4, -0.2) is 40.8 Å². The fourth-order valence-electron chi connectivity index (χ4n) is 2.37. The van der Waals surface area contributed by atoms with E-state index in [1.807, 2.05) is 0 Å². The molecule has 1 unspecified atom stereocenters. The molecule has 0 aliphatic carbocycles. The van der Waals surface area contributed by atoms with Crippen molar-refractivity contribution in [2.45, 2.75) is 26.3 Å². The third-order valence-electron chi connectivity index (χ3n) is 4.07. The van der Waals surface area contributed by atoms with Crippen LogP contribution in [0.15, 0.2) is 30.5 Å². The molecule has 6 N–H and O–H groups in total. The van der Waals surface area contributed by atoms with Gasteiger partial charge in [0.2, 0.25) is 11.8 Å². The predicted octanol–water partition coefficient (Wildman–Crippen LogP) is 0.978. The Morgan fingerprint density at radius 1 is 1.18 bits per heavy atom. The average molecular weight is 385 g/mol. The lowest BCUT2D eigenvalue weighted by Gasteiger charge is -2.17. The zero-order valence-electron chi connectivity index (χ0n) is 15.9. The largest absolute Gasteiger partial charge is 0.368 e. The highest BCUT2D eigenvalue weighted by molar-refractivity contribution is 5.96. The molecule has 0 spiro atoms. The minimum atomic E-state index is -0.753. The van der Waals surface area contributed by atoms with Gasteiger partial charge in [0.1, 0.15) is 11.9 Å². The highest BCUT2D eigenvalue weighted by Crippen LogP contribution is 2.22. The lowest BCUT2D eigenvalue weighted by molar-refractivity contribution is -0.119. The molecule has 0 radical (unpaired) electrons. The maximum Gasteiger partial charge on any atom is 0.271 e. The van der Waals surface area contributed by atoms with Crippen LogP contribution < -0.4 is 27.0 Å². The van der Waals surface area contributed by atoms with Crippen LogP contribution in [0.1, 0.15) is 30.8 Å². The first kappa shape index (κ1) is 20.6. The van der Waals surface area contributed by atoms with Crippen LogP contribution in [0.3, 0.4) is 0 Å². The third-order valence-corrected chi connectivity index (χ3v) is 4.07. The number of benzene rings is 1. The van der Waals surface area contributed by atoms with E-state index in [0.717, 1.165) is 0 Å². The molecule has 0 saturated heterocycles. The molecule has 10 nitrogen and oxygen atoms in total. The molecule has 0 aliphatic heterocycles. The van der Waals surface area contributed by atoms with Gasteiger partial charge in [-0.2, -0.15) is 0 Å². The smallest absolute Gasteiger partial charge is 0.271 e. The van der Waals surface area contributed by atoms with Gasteiger partial charge in [-0.1, -0.05) is 6.92 Å². The van der Waals surface area contributed by atoms with Gasteiger partial charge in [-0.3, -0.25) is 14.4 Å². The summed E-state index contributed by atoms with van der Waals surface area (Å²) in [6.45, 7) is 3.27. The number of carbonyl (C=O) groups excluding carboxylic acids is 3. The Bertz CT molecular complexity index is 883. The SMILES string of the molecule is CCC(Nc1cnc(C(N)=O)c(Nc2ccc(N(C)C(C)=O)cc2)n1)C(N)=O. The summed E-state index contributed by atoms with van der Waals surface area (Å²) in [5, 5.41) is 5.85. The van der Waals surface area contributed by atoms with E-state index in [-0.39, 0.29) is 23.2 Å². The molecule has 1 aromatic heterocycles. The molecule has 0 bridgehead atoms. The Balaban J connectivity index is 2.29. The number of amides is 3. The number of hydrogen-bond donors (Lipinski definition) is 4. The summed E-state index contributed by atoms with van der Waals surface area (Å²) < 4.78 is 0. The first-order valence-corrected chi connectivity index (χ1v) is 8.57. The van der Waals surface area contributed by atoms with Crippen molar-refractivity contribution in [1.29, 1.82) is 0 Å². The molecular formula is C18H23N7O3. The first-order chi connectivity index (χ1) is 13.2. The molecule has 28 heavy (non-hydrogen) atoms. The molecule has 10 heteroatoms. The Morgan fingerprint density at radius 3 is 2.32 bits per heavy atom. The van der Waals surface area contributed by atoms with Crippen LogP contribution in [0.5, 0.6) is 0 Å². The number of hydrogen-bond acceptors (Lipinski definition) is 7. The average Bonchev–Trinajstić information content (AvgIpc) is 2.65. The molecule has 3 amide bonds. The maximum atomic E-state index is 11.7. The second-order valence-corrected chi connectivity index (χ2v) is 6.07. The zero-order chi connectivity index (χ0) is 20.8. The standard InChI is InChI=1S/C18H23N7O3/c1-4-13(16(19)27)23-14-9-21-15(17(20)28)18(24-14)22-11-5-7-12(8-6-11)25(3)10(2)26/h5-9,13H,4H2,1-3H3,(H2,19,27)(H2,20,28)(H2,22,23,24). The van der Waals surface area contributed by atoms with Crippen molar-refractivity contribution in [2.75, 3.05) is 22.6 Å². The van der Waals surface area contributed by atoms with Gasteiger partial charge in [-0.05, 0) is 30.7 Å². The van der Waals surface area contributed by atoms with Gasteiger partial charge in [0.25, 0.3) is 5.91 Å². The van der Waals surface area contributed by atoms with Crippen LogP contribution >= 0.6 is 0 Å². The highest BCUT2D eigenvalue weighted by Gasteiger charge is 2.17. The summed E-state index contributed by atoms with van der Waals surface area (Å²) in [5.74, 6) is -0.976. The number of nitrogens with zero attached hydrogens (tertiary/aromatic N) is 3. The molecule has 2 rings (SSSR count). The number of primary amides is 2. The van der Waals surface area contributed by atoms with Crippen molar-refractivity contribution in [1.82, 2.24) is 9.97 Å². The van der Waals surface area contributed by atoms with E-state index in [9.17, 15) is 14.4 Å². The summed E-state index contributed by atoms with van der Waals surface area (Å²) in [4.78, 5) is 44.3. The van der Waals surface area contributed by atoms with Crippen molar-refractivity contribution in [3.8, 4) is 0 Å². The van der Waals surface area contributed by atoms with Crippen LogP contribution in [0.4, 0.5) is 23.0 Å². The summed E-state index contributed by atoms with van der Waals surface area (Å²) in [7, 11) is 1.67. The first-order valence-electron chi connectivity index (χ1n) is 8.57. The second-order valence-electron chi connectivity index (χ2n) is 6.07. The third kappa shape index (κ3) is 4.93. The summed E-state index contributed by atoms with van der Waals surface area (Å²) >= 11 is 0. The molecule has 1 atom stereocenters. The van der Waals surface area contributed by atoms with Crippen LogP contribution in [0.25, 0.3) is 0 Å². The number of carbonyl (C=O) groups is 3.